The summed E-state index contributed by atoms with van der Waals surface area (Å²) in [6, 6.07) is 8.30. The Kier molecular flexibility index (Phi) is 4.56. The molecule has 1 fully saturated rings. The number of amides is 1. The highest BCUT2D eigenvalue weighted by Gasteiger charge is 2.26. The summed E-state index contributed by atoms with van der Waals surface area (Å²) in [7, 11) is 0. The van der Waals surface area contributed by atoms with Crippen LogP contribution in [0.4, 0.5) is 5.69 Å². The molecule has 0 aromatic heterocycles. The number of carbonyl (C=O) groups is 1. The highest BCUT2D eigenvalue weighted by molar-refractivity contribution is 5.95. The zero-order chi connectivity index (χ0) is 14.7. The van der Waals surface area contributed by atoms with Crippen molar-refractivity contribution in [3.05, 3.63) is 29.8 Å². The van der Waals surface area contributed by atoms with E-state index in [1.165, 1.54) is 12.0 Å². The molecule has 1 aromatic rings. The van der Waals surface area contributed by atoms with Crippen LogP contribution in [0.25, 0.3) is 0 Å². The maximum absolute atomic E-state index is 12.7. The van der Waals surface area contributed by atoms with Gasteiger partial charge in [0, 0.05) is 18.8 Å². The normalized spacial score (nSPS) is 22.9. The quantitative estimate of drug-likeness (QED) is 0.919. The first-order valence-corrected chi connectivity index (χ1v) is 8.08. The predicted molar refractivity (Wildman–Crippen MR) is 85.3 cm³/mol. The molecule has 21 heavy (non-hydrogen) atoms. The zero-order valence-electron chi connectivity index (χ0n) is 12.6. The standard InChI is InChI=1S/C17H25N3O/c18-11-14-5-3-9-19(12-14)13-17(21)20-10-4-7-15-6-1-2-8-16(15)20/h1-2,6,8,14H,3-5,7,9-13,18H2. The number of fused-ring (bicyclic) bond motifs is 1. The molecule has 114 valence electrons. The monoisotopic (exact) mass is 287 g/mol. The fourth-order valence-electron chi connectivity index (χ4n) is 3.56. The number of aryl methyl sites for hydroxylation is 1. The van der Waals surface area contributed by atoms with Gasteiger partial charge in [0.2, 0.25) is 5.91 Å². The van der Waals surface area contributed by atoms with Crippen LogP contribution in [0.2, 0.25) is 0 Å². The lowest BCUT2D eigenvalue weighted by Crippen LogP contribution is -2.46. The van der Waals surface area contributed by atoms with E-state index < -0.39 is 0 Å². The molecule has 4 nitrogen and oxygen atoms in total. The van der Waals surface area contributed by atoms with Gasteiger partial charge in [-0.25, -0.2) is 0 Å². The number of benzene rings is 1. The molecule has 2 aliphatic heterocycles. The third kappa shape index (κ3) is 3.27. The van der Waals surface area contributed by atoms with Gasteiger partial charge in [-0.1, -0.05) is 18.2 Å². The van der Waals surface area contributed by atoms with Crippen LogP contribution in [-0.4, -0.2) is 43.5 Å². The molecule has 0 bridgehead atoms. The van der Waals surface area contributed by atoms with Crippen LogP contribution in [0.15, 0.2) is 24.3 Å². The van der Waals surface area contributed by atoms with Gasteiger partial charge in [0.1, 0.15) is 0 Å². The molecular weight excluding hydrogens is 262 g/mol. The second-order valence-corrected chi connectivity index (χ2v) is 6.26. The Morgan fingerprint density at radius 1 is 1.24 bits per heavy atom. The van der Waals surface area contributed by atoms with E-state index in [9.17, 15) is 4.79 Å². The summed E-state index contributed by atoms with van der Waals surface area (Å²) in [5, 5.41) is 0. The number of nitrogens with two attached hydrogens (primary N) is 1. The van der Waals surface area contributed by atoms with Crippen molar-refractivity contribution in [3.63, 3.8) is 0 Å². The Balaban J connectivity index is 1.66. The molecule has 2 heterocycles. The topological polar surface area (TPSA) is 49.6 Å². The Morgan fingerprint density at radius 3 is 2.95 bits per heavy atom. The number of hydrogen-bond donors (Lipinski definition) is 1. The molecule has 0 radical (unpaired) electrons. The SMILES string of the molecule is NCC1CCCN(CC(=O)N2CCCc3ccccc32)C1. The smallest absolute Gasteiger partial charge is 0.241 e. The lowest BCUT2D eigenvalue weighted by Gasteiger charge is -2.35. The van der Waals surface area contributed by atoms with Gasteiger partial charge in [-0.2, -0.15) is 0 Å². The summed E-state index contributed by atoms with van der Waals surface area (Å²) < 4.78 is 0. The van der Waals surface area contributed by atoms with Crippen molar-refractivity contribution in [2.24, 2.45) is 11.7 Å². The van der Waals surface area contributed by atoms with Crippen LogP contribution in [0.3, 0.4) is 0 Å². The summed E-state index contributed by atoms with van der Waals surface area (Å²) in [4.78, 5) is 16.9. The molecule has 2 N–H and O–H groups in total. The molecule has 1 saturated heterocycles. The van der Waals surface area contributed by atoms with Crippen molar-refractivity contribution in [1.82, 2.24) is 4.90 Å². The summed E-state index contributed by atoms with van der Waals surface area (Å²) >= 11 is 0. The molecule has 1 atom stereocenters. The number of likely N-dealkylation sites (tertiary alicyclic amines) is 1. The lowest BCUT2D eigenvalue weighted by atomic mass is 9.98. The number of nitrogens with zero attached hydrogens (tertiary/aromatic N) is 2. The molecular formula is C17H25N3O. The largest absolute Gasteiger partial charge is 0.330 e. The van der Waals surface area contributed by atoms with E-state index in [0.717, 1.165) is 51.1 Å². The average Bonchev–Trinajstić information content (AvgIpc) is 2.54. The lowest BCUT2D eigenvalue weighted by molar-refractivity contribution is -0.120. The molecule has 1 aromatic carbocycles. The maximum atomic E-state index is 12.7. The third-order valence-corrected chi connectivity index (χ3v) is 4.71. The summed E-state index contributed by atoms with van der Waals surface area (Å²) in [5.74, 6) is 0.792. The molecule has 0 saturated carbocycles. The summed E-state index contributed by atoms with van der Waals surface area (Å²) in [5.41, 5.74) is 8.19. The highest BCUT2D eigenvalue weighted by atomic mass is 16.2. The molecule has 1 amide bonds. The van der Waals surface area contributed by atoms with Crippen LogP contribution >= 0.6 is 0 Å². The van der Waals surface area contributed by atoms with E-state index in [4.69, 9.17) is 5.73 Å². The van der Waals surface area contributed by atoms with Crippen LogP contribution in [0, 0.1) is 5.92 Å². The van der Waals surface area contributed by atoms with Gasteiger partial charge in [-0.15, -0.1) is 0 Å². The van der Waals surface area contributed by atoms with Crippen LogP contribution < -0.4 is 10.6 Å². The number of piperidine rings is 1. The number of para-hydroxylation sites is 1. The first-order valence-electron chi connectivity index (χ1n) is 8.08. The van der Waals surface area contributed by atoms with Crippen molar-refractivity contribution in [2.45, 2.75) is 25.7 Å². The van der Waals surface area contributed by atoms with Gasteiger partial charge < -0.3 is 10.6 Å². The second kappa shape index (κ2) is 6.58. The van der Waals surface area contributed by atoms with Crippen LogP contribution in [0.1, 0.15) is 24.8 Å². The van der Waals surface area contributed by atoms with E-state index in [2.05, 4.69) is 23.1 Å². The minimum Gasteiger partial charge on any atom is -0.330 e. The van der Waals surface area contributed by atoms with Gasteiger partial charge in [0.15, 0.2) is 0 Å². The van der Waals surface area contributed by atoms with Crippen LogP contribution in [-0.2, 0) is 11.2 Å². The summed E-state index contributed by atoms with van der Waals surface area (Å²) in [6.45, 7) is 4.11. The highest BCUT2D eigenvalue weighted by Crippen LogP contribution is 2.27. The minimum atomic E-state index is 0.236. The molecule has 0 aliphatic carbocycles. The minimum absolute atomic E-state index is 0.236. The Labute approximate surface area is 126 Å². The van der Waals surface area contributed by atoms with Gasteiger partial charge in [0.05, 0.1) is 6.54 Å². The van der Waals surface area contributed by atoms with Gasteiger partial charge in [-0.3, -0.25) is 9.69 Å². The molecule has 4 heteroatoms. The zero-order valence-corrected chi connectivity index (χ0v) is 12.6. The van der Waals surface area contributed by atoms with Crippen molar-refractivity contribution < 1.29 is 4.79 Å². The van der Waals surface area contributed by atoms with E-state index in [-0.39, 0.29) is 5.91 Å². The second-order valence-electron chi connectivity index (χ2n) is 6.26. The van der Waals surface area contributed by atoms with Gasteiger partial charge in [-0.05, 0) is 56.3 Å². The van der Waals surface area contributed by atoms with Gasteiger partial charge in [0.25, 0.3) is 0 Å². The Hall–Kier alpha value is -1.39. The maximum Gasteiger partial charge on any atom is 0.241 e. The van der Waals surface area contributed by atoms with Crippen LogP contribution in [0.5, 0.6) is 0 Å². The molecule has 2 aliphatic rings. The predicted octanol–water partition coefficient (Wildman–Crippen LogP) is 1.64. The average molecular weight is 287 g/mol. The Bertz CT molecular complexity index is 503. The first-order chi connectivity index (χ1) is 10.3. The van der Waals surface area contributed by atoms with Crippen molar-refractivity contribution in [3.8, 4) is 0 Å². The number of hydrogen-bond acceptors (Lipinski definition) is 3. The van der Waals surface area contributed by atoms with E-state index in [1.807, 2.05) is 11.0 Å². The Morgan fingerprint density at radius 2 is 2.10 bits per heavy atom. The number of carbonyl (C=O) groups excluding carboxylic acids is 1. The molecule has 3 rings (SSSR count). The van der Waals surface area contributed by atoms with Crippen molar-refractivity contribution >= 4 is 11.6 Å². The van der Waals surface area contributed by atoms with Crippen molar-refractivity contribution in [1.29, 1.82) is 0 Å². The fourth-order valence-corrected chi connectivity index (χ4v) is 3.56. The fraction of sp³-hybridized carbons (Fsp3) is 0.588. The van der Waals surface area contributed by atoms with E-state index in [0.29, 0.717) is 12.5 Å². The number of anilines is 1. The number of rotatable bonds is 3. The van der Waals surface area contributed by atoms with Gasteiger partial charge >= 0.3 is 0 Å². The summed E-state index contributed by atoms with van der Waals surface area (Å²) in [6.07, 6.45) is 4.51. The third-order valence-electron chi connectivity index (χ3n) is 4.71. The van der Waals surface area contributed by atoms with E-state index >= 15 is 0 Å². The first kappa shape index (κ1) is 14.5. The molecule has 1 unspecified atom stereocenters. The van der Waals surface area contributed by atoms with Crippen molar-refractivity contribution in [2.75, 3.05) is 37.6 Å². The van der Waals surface area contributed by atoms with E-state index in [1.54, 1.807) is 0 Å². The molecule has 0 spiro atoms.